The van der Waals surface area contributed by atoms with Gasteiger partial charge >= 0.3 is 6.09 Å². The second kappa shape index (κ2) is 9.20. The Kier molecular flexibility index (Phi) is 7.61. The molecule has 0 aliphatic carbocycles. The van der Waals surface area contributed by atoms with E-state index < -0.39 is 11.7 Å². The van der Waals surface area contributed by atoms with Gasteiger partial charge in [0.05, 0.1) is 19.4 Å². The highest BCUT2D eigenvalue weighted by atomic mass is 19.1. The van der Waals surface area contributed by atoms with Crippen LogP contribution in [0.5, 0.6) is 0 Å². The minimum atomic E-state index is -0.583. The van der Waals surface area contributed by atoms with Crippen LogP contribution in [0.15, 0.2) is 34.8 Å². The summed E-state index contributed by atoms with van der Waals surface area (Å²) >= 11 is 0. The van der Waals surface area contributed by atoms with Crippen LogP contribution < -0.4 is 5.32 Å². The third-order valence-corrected chi connectivity index (χ3v) is 3.29. The van der Waals surface area contributed by atoms with E-state index in [1.807, 2.05) is 13.8 Å². The van der Waals surface area contributed by atoms with Gasteiger partial charge in [0, 0.05) is 5.56 Å². The molecule has 0 aromatic heterocycles. The fraction of sp³-hybridized carbons (Fsp3) is 0.474. The SMILES string of the molecule is CC/C(C)=C(\N=C(CNC(=O)OC(C)(C)C)OC)c1cccc(F)c1. The molecule has 0 saturated heterocycles. The highest BCUT2D eigenvalue weighted by Gasteiger charge is 2.16. The fourth-order valence-electron chi connectivity index (χ4n) is 1.95. The zero-order chi connectivity index (χ0) is 19.0. The summed E-state index contributed by atoms with van der Waals surface area (Å²) in [6.45, 7) is 9.35. The van der Waals surface area contributed by atoms with E-state index in [0.717, 1.165) is 12.0 Å². The molecule has 0 aliphatic rings. The Morgan fingerprint density at radius 3 is 2.52 bits per heavy atom. The second-order valence-electron chi connectivity index (χ2n) is 6.56. The molecule has 0 bridgehead atoms. The van der Waals surface area contributed by atoms with Crippen LogP contribution in [0.25, 0.3) is 5.70 Å². The number of amides is 1. The molecule has 0 unspecified atom stereocenters. The third kappa shape index (κ3) is 7.37. The summed E-state index contributed by atoms with van der Waals surface area (Å²) in [6, 6.07) is 6.23. The van der Waals surface area contributed by atoms with Crippen molar-refractivity contribution in [2.45, 2.75) is 46.6 Å². The van der Waals surface area contributed by atoms with Crippen molar-refractivity contribution in [2.24, 2.45) is 4.99 Å². The largest absolute Gasteiger partial charge is 0.483 e. The quantitative estimate of drug-likeness (QED) is 0.627. The number of halogens is 1. The standard InChI is InChI=1S/C19H27FN2O3/c1-7-13(2)17(14-9-8-10-15(20)11-14)22-16(24-6)12-21-18(23)25-19(3,4)5/h8-11H,7,12H2,1-6H3,(H,21,23)/b17-13-,22-16?. The van der Waals surface area contributed by atoms with Crippen molar-refractivity contribution in [3.05, 3.63) is 41.2 Å². The van der Waals surface area contributed by atoms with E-state index in [-0.39, 0.29) is 12.4 Å². The average molecular weight is 350 g/mol. The normalized spacial score (nSPS) is 13.2. The molecule has 0 atom stereocenters. The summed E-state index contributed by atoms with van der Waals surface area (Å²) in [4.78, 5) is 16.2. The van der Waals surface area contributed by atoms with Gasteiger partial charge in [-0.2, -0.15) is 0 Å². The fourth-order valence-corrected chi connectivity index (χ4v) is 1.95. The molecular formula is C19H27FN2O3. The van der Waals surface area contributed by atoms with Gasteiger partial charge in [0.25, 0.3) is 0 Å². The van der Waals surface area contributed by atoms with E-state index in [4.69, 9.17) is 9.47 Å². The van der Waals surface area contributed by atoms with E-state index in [2.05, 4.69) is 10.3 Å². The Labute approximate surface area is 148 Å². The Hall–Kier alpha value is -2.37. The van der Waals surface area contributed by atoms with Gasteiger partial charge in [-0.25, -0.2) is 14.2 Å². The highest BCUT2D eigenvalue weighted by Crippen LogP contribution is 2.23. The smallest absolute Gasteiger partial charge is 0.408 e. The molecule has 0 aliphatic heterocycles. The molecule has 1 aromatic rings. The number of hydrogen-bond acceptors (Lipinski definition) is 4. The Balaban J connectivity index is 3.00. The highest BCUT2D eigenvalue weighted by molar-refractivity contribution is 5.88. The summed E-state index contributed by atoms with van der Waals surface area (Å²) < 4.78 is 24.0. The first kappa shape index (κ1) is 20.7. The minimum Gasteiger partial charge on any atom is -0.483 e. The van der Waals surface area contributed by atoms with Crippen molar-refractivity contribution >= 4 is 17.7 Å². The van der Waals surface area contributed by atoms with E-state index in [9.17, 15) is 9.18 Å². The van der Waals surface area contributed by atoms with Crippen molar-refractivity contribution < 1.29 is 18.7 Å². The number of alkyl carbamates (subject to hydrolysis) is 1. The first-order chi connectivity index (χ1) is 11.7. The third-order valence-electron chi connectivity index (χ3n) is 3.29. The molecule has 6 heteroatoms. The molecule has 25 heavy (non-hydrogen) atoms. The molecule has 0 spiro atoms. The number of allylic oxidation sites excluding steroid dienone is 1. The average Bonchev–Trinajstić information content (AvgIpc) is 2.52. The second-order valence-corrected chi connectivity index (χ2v) is 6.56. The molecule has 0 saturated carbocycles. The van der Waals surface area contributed by atoms with Gasteiger partial charge in [0.15, 0.2) is 0 Å². The molecule has 138 valence electrons. The maximum absolute atomic E-state index is 13.5. The van der Waals surface area contributed by atoms with Crippen LogP contribution in [0.4, 0.5) is 9.18 Å². The number of benzene rings is 1. The summed E-state index contributed by atoms with van der Waals surface area (Å²) in [5.41, 5.74) is 1.69. The van der Waals surface area contributed by atoms with Crippen LogP contribution in [0.1, 0.15) is 46.6 Å². The van der Waals surface area contributed by atoms with Crippen LogP contribution in [0, 0.1) is 5.82 Å². The van der Waals surface area contributed by atoms with Crippen LogP contribution in [-0.2, 0) is 9.47 Å². The van der Waals surface area contributed by atoms with Gasteiger partial charge in [-0.1, -0.05) is 19.1 Å². The predicted molar refractivity (Wildman–Crippen MR) is 98.0 cm³/mol. The molecule has 0 heterocycles. The minimum absolute atomic E-state index is 0.0707. The molecule has 1 aromatic carbocycles. The van der Waals surface area contributed by atoms with E-state index in [1.54, 1.807) is 32.9 Å². The molecule has 1 rings (SSSR count). The molecule has 1 amide bonds. The maximum Gasteiger partial charge on any atom is 0.408 e. The summed E-state index contributed by atoms with van der Waals surface area (Å²) in [5, 5.41) is 2.60. The number of nitrogens with one attached hydrogen (secondary N) is 1. The molecule has 5 nitrogen and oxygen atoms in total. The van der Waals surface area contributed by atoms with Crippen molar-refractivity contribution in [3.63, 3.8) is 0 Å². The van der Waals surface area contributed by atoms with Crippen LogP contribution in [0.3, 0.4) is 0 Å². The number of aliphatic imine (C=N–C) groups is 1. The number of methoxy groups -OCH3 is 1. The van der Waals surface area contributed by atoms with Gasteiger partial charge < -0.3 is 14.8 Å². The van der Waals surface area contributed by atoms with Gasteiger partial charge in [0.2, 0.25) is 5.90 Å². The summed E-state index contributed by atoms with van der Waals surface area (Å²) in [6.07, 6.45) is 0.201. The molecule has 0 radical (unpaired) electrons. The lowest BCUT2D eigenvalue weighted by atomic mass is 10.1. The lowest BCUT2D eigenvalue weighted by Gasteiger charge is -2.19. The molecule has 0 fully saturated rings. The Morgan fingerprint density at radius 2 is 2.00 bits per heavy atom. The van der Waals surface area contributed by atoms with Gasteiger partial charge in [-0.05, 0) is 51.8 Å². The van der Waals surface area contributed by atoms with E-state index in [1.165, 1.54) is 19.2 Å². The number of rotatable bonds is 5. The van der Waals surface area contributed by atoms with Crippen LogP contribution >= 0.6 is 0 Å². The number of carbonyl (C=O) groups is 1. The predicted octanol–water partition coefficient (Wildman–Crippen LogP) is 4.54. The van der Waals surface area contributed by atoms with Crippen LogP contribution in [-0.4, -0.2) is 31.2 Å². The maximum atomic E-state index is 13.5. The molecular weight excluding hydrogens is 323 g/mol. The summed E-state index contributed by atoms with van der Waals surface area (Å²) in [5.74, 6) is -0.0297. The van der Waals surface area contributed by atoms with E-state index in [0.29, 0.717) is 17.2 Å². The zero-order valence-electron chi connectivity index (χ0n) is 15.8. The first-order valence-corrected chi connectivity index (χ1v) is 8.20. The number of carbonyl (C=O) groups excluding carboxylic acids is 1. The van der Waals surface area contributed by atoms with Gasteiger partial charge in [0.1, 0.15) is 11.4 Å². The number of hydrogen-bond donors (Lipinski definition) is 1. The van der Waals surface area contributed by atoms with Crippen molar-refractivity contribution in [1.29, 1.82) is 0 Å². The van der Waals surface area contributed by atoms with Gasteiger partial charge in [-0.15, -0.1) is 0 Å². The zero-order valence-corrected chi connectivity index (χ0v) is 15.8. The van der Waals surface area contributed by atoms with Crippen LogP contribution in [0.2, 0.25) is 0 Å². The number of ether oxygens (including phenoxy) is 2. The number of nitrogens with zero attached hydrogens (tertiary/aromatic N) is 1. The van der Waals surface area contributed by atoms with Crippen molar-refractivity contribution in [3.8, 4) is 0 Å². The first-order valence-electron chi connectivity index (χ1n) is 8.20. The molecule has 1 N–H and O–H groups in total. The monoisotopic (exact) mass is 350 g/mol. The van der Waals surface area contributed by atoms with E-state index >= 15 is 0 Å². The van der Waals surface area contributed by atoms with Crippen molar-refractivity contribution in [1.82, 2.24) is 5.32 Å². The van der Waals surface area contributed by atoms with Crippen molar-refractivity contribution in [2.75, 3.05) is 13.7 Å². The lowest BCUT2D eigenvalue weighted by molar-refractivity contribution is 0.0533. The lowest BCUT2D eigenvalue weighted by Crippen LogP contribution is -2.35. The summed E-state index contributed by atoms with van der Waals surface area (Å²) in [7, 11) is 1.47. The Morgan fingerprint density at radius 1 is 1.32 bits per heavy atom. The topological polar surface area (TPSA) is 59.9 Å². The van der Waals surface area contributed by atoms with Gasteiger partial charge in [-0.3, -0.25) is 0 Å². The Bertz CT molecular complexity index is 661.